The van der Waals surface area contributed by atoms with Gasteiger partial charge in [0.2, 0.25) is 5.91 Å². The second-order valence-corrected chi connectivity index (χ2v) is 8.05. The van der Waals surface area contributed by atoms with Gasteiger partial charge in [-0.15, -0.1) is 11.8 Å². The van der Waals surface area contributed by atoms with Gasteiger partial charge in [-0.2, -0.15) is 0 Å². The summed E-state index contributed by atoms with van der Waals surface area (Å²) in [7, 11) is -2.86. The van der Waals surface area contributed by atoms with Crippen LogP contribution in [0.5, 0.6) is 0 Å². The monoisotopic (exact) mass is 295 g/mol. The fraction of sp³-hybridized carbons (Fsp3) is 0.909. The van der Waals surface area contributed by atoms with Crippen LogP contribution in [0.3, 0.4) is 0 Å². The number of aliphatic hydroxyl groups is 1. The Morgan fingerprint density at radius 3 is 2.83 bits per heavy atom. The average Bonchev–Trinajstić information content (AvgIpc) is 2.66. The molecule has 1 saturated heterocycles. The van der Waals surface area contributed by atoms with E-state index in [9.17, 15) is 18.3 Å². The van der Waals surface area contributed by atoms with Crippen LogP contribution < -0.4 is 5.32 Å². The minimum Gasteiger partial charge on any atom is -0.393 e. The Kier molecular flexibility index (Phi) is 6.45. The normalized spacial score (nSPS) is 23.8. The molecule has 5 nitrogen and oxygen atoms in total. The lowest BCUT2D eigenvalue weighted by atomic mass is 10.2. The van der Waals surface area contributed by atoms with Gasteiger partial charge in [0.15, 0.2) is 9.84 Å². The summed E-state index contributed by atoms with van der Waals surface area (Å²) >= 11 is 1.41. The molecule has 0 saturated carbocycles. The number of thioether (sulfide) groups is 1. The van der Waals surface area contributed by atoms with E-state index in [1.807, 2.05) is 6.92 Å². The van der Waals surface area contributed by atoms with Crippen LogP contribution in [0.4, 0.5) is 0 Å². The molecule has 1 heterocycles. The predicted octanol–water partition coefficient (Wildman–Crippen LogP) is 0.184. The number of hydrogen-bond acceptors (Lipinski definition) is 5. The molecule has 1 amide bonds. The molecule has 18 heavy (non-hydrogen) atoms. The van der Waals surface area contributed by atoms with Crippen molar-refractivity contribution in [3.05, 3.63) is 0 Å². The second kappa shape index (κ2) is 7.35. The van der Waals surface area contributed by atoms with E-state index in [2.05, 4.69) is 5.32 Å². The molecule has 0 aromatic heterocycles. The Bertz CT molecular complexity index is 369. The number of carbonyl (C=O) groups excluding carboxylic acids is 1. The van der Waals surface area contributed by atoms with Crippen molar-refractivity contribution in [1.29, 1.82) is 0 Å². The van der Waals surface area contributed by atoms with Crippen LogP contribution in [-0.4, -0.2) is 54.6 Å². The lowest BCUT2D eigenvalue weighted by molar-refractivity contribution is -0.118. The van der Waals surface area contributed by atoms with Crippen LogP contribution in [0, 0.1) is 0 Å². The molecule has 1 fully saturated rings. The van der Waals surface area contributed by atoms with Gasteiger partial charge < -0.3 is 10.4 Å². The highest BCUT2D eigenvalue weighted by atomic mass is 32.2. The molecule has 0 aromatic rings. The van der Waals surface area contributed by atoms with Gasteiger partial charge in [0.1, 0.15) is 0 Å². The number of sulfone groups is 1. The van der Waals surface area contributed by atoms with E-state index in [0.29, 0.717) is 31.6 Å². The third kappa shape index (κ3) is 6.06. The first-order chi connectivity index (χ1) is 8.43. The fourth-order valence-electron chi connectivity index (χ4n) is 1.72. The minimum absolute atomic E-state index is 0.0574. The molecule has 0 aromatic carbocycles. The number of carbonyl (C=O) groups is 1. The molecule has 0 bridgehead atoms. The summed E-state index contributed by atoms with van der Waals surface area (Å²) < 4.78 is 22.4. The summed E-state index contributed by atoms with van der Waals surface area (Å²) in [5.74, 6) is 0.643. The number of rotatable bonds is 7. The lowest BCUT2D eigenvalue weighted by Gasteiger charge is -2.10. The Morgan fingerprint density at radius 1 is 1.56 bits per heavy atom. The van der Waals surface area contributed by atoms with Gasteiger partial charge in [-0.1, -0.05) is 6.92 Å². The smallest absolute Gasteiger partial charge is 0.230 e. The summed E-state index contributed by atoms with van der Waals surface area (Å²) in [6.07, 6.45) is 1.53. The molecule has 0 aliphatic carbocycles. The highest BCUT2D eigenvalue weighted by Crippen LogP contribution is 2.23. The van der Waals surface area contributed by atoms with E-state index >= 15 is 0 Å². The first kappa shape index (κ1) is 15.8. The maximum absolute atomic E-state index is 11.5. The molecular formula is C11H21NO4S2. The Balaban J connectivity index is 2.11. The van der Waals surface area contributed by atoms with Crippen molar-refractivity contribution in [1.82, 2.24) is 5.32 Å². The van der Waals surface area contributed by atoms with Gasteiger partial charge in [0, 0.05) is 11.8 Å². The number of nitrogens with one attached hydrogen (secondary N) is 1. The molecule has 2 N–H and O–H groups in total. The maximum atomic E-state index is 11.5. The quantitative estimate of drug-likeness (QED) is 0.700. The van der Waals surface area contributed by atoms with Crippen molar-refractivity contribution in [2.24, 2.45) is 0 Å². The summed E-state index contributed by atoms with van der Waals surface area (Å²) in [5.41, 5.74) is 0. The van der Waals surface area contributed by atoms with Crippen molar-refractivity contribution >= 4 is 27.5 Å². The third-order valence-electron chi connectivity index (χ3n) is 2.91. The zero-order valence-electron chi connectivity index (χ0n) is 10.6. The lowest BCUT2D eigenvalue weighted by Crippen LogP contribution is -2.29. The Hall–Kier alpha value is -0.270. The SMILES string of the molecule is CCC(O)CCNC(=O)CSC1CCS(=O)(=O)C1. The van der Waals surface area contributed by atoms with Crippen LogP contribution >= 0.6 is 11.8 Å². The average molecular weight is 295 g/mol. The van der Waals surface area contributed by atoms with Crippen molar-refractivity contribution < 1.29 is 18.3 Å². The van der Waals surface area contributed by atoms with Crippen molar-refractivity contribution in [3.63, 3.8) is 0 Å². The first-order valence-corrected chi connectivity index (χ1v) is 9.06. The van der Waals surface area contributed by atoms with E-state index in [0.717, 1.165) is 0 Å². The van der Waals surface area contributed by atoms with Crippen LogP contribution in [0.15, 0.2) is 0 Å². The van der Waals surface area contributed by atoms with E-state index < -0.39 is 9.84 Å². The molecule has 1 aliphatic heterocycles. The predicted molar refractivity (Wildman–Crippen MR) is 73.4 cm³/mol. The van der Waals surface area contributed by atoms with E-state index in [4.69, 9.17) is 0 Å². The minimum atomic E-state index is -2.86. The van der Waals surface area contributed by atoms with Gasteiger partial charge in [0.05, 0.1) is 23.4 Å². The molecular weight excluding hydrogens is 274 g/mol. The largest absolute Gasteiger partial charge is 0.393 e. The molecule has 0 radical (unpaired) electrons. The molecule has 1 aliphatic rings. The topological polar surface area (TPSA) is 83.5 Å². The zero-order chi connectivity index (χ0) is 13.6. The standard InChI is InChI=1S/C11H21NO4S2/c1-2-9(13)3-5-12-11(14)7-17-10-4-6-18(15,16)8-10/h9-10,13H,2-8H2,1H3,(H,12,14). The summed E-state index contributed by atoms with van der Waals surface area (Å²) in [6, 6.07) is 0. The van der Waals surface area contributed by atoms with E-state index in [1.54, 1.807) is 0 Å². The van der Waals surface area contributed by atoms with Crippen molar-refractivity contribution in [2.45, 2.75) is 37.5 Å². The van der Waals surface area contributed by atoms with Gasteiger partial charge in [-0.25, -0.2) is 8.42 Å². The Morgan fingerprint density at radius 2 is 2.28 bits per heavy atom. The van der Waals surface area contributed by atoms with Crippen molar-refractivity contribution in [2.75, 3.05) is 23.8 Å². The maximum Gasteiger partial charge on any atom is 0.230 e. The second-order valence-electron chi connectivity index (χ2n) is 4.54. The summed E-state index contributed by atoms with van der Waals surface area (Å²) in [4.78, 5) is 11.5. The van der Waals surface area contributed by atoms with E-state index in [1.165, 1.54) is 11.8 Å². The van der Waals surface area contributed by atoms with Crippen LogP contribution in [-0.2, 0) is 14.6 Å². The number of hydrogen-bond donors (Lipinski definition) is 2. The van der Waals surface area contributed by atoms with Crippen molar-refractivity contribution in [3.8, 4) is 0 Å². The van der Waals surface area contributed by atoms with Crippen LogP contribution in [0.1, 0.15) is 26.2 Å². The molecule has 2 unspecified atom stereocenters. The van der Waals surface area contributed by atoms with E-state index in [-0.39, 0.29) is 28.8 Å². The van der Waals surface area contributed by atoms with Crippen LogP contribution in [0.2, 0.25) is 0 Å². The highest BCUT2D eigenvalue weighted by molar-refractivity contribution is 8.02. The van der Waals surface area contributed by atoms with Crippen LogP contribution in [0.25, 0.3) is 0 Å². The summed E-state index contributed by atoms with van der Waals surface area (Å²) in [5, 5.41) is 12.1. The number of amides is 1. The molecule has 7 heteroatoms. The van der Waals surface area contributed by atoms with Gasteiger partial charge >= 0.3 is 0 Å². The van der Waals surface area contributed by atoms with Gasteiger partial charge in [-0.05, 0) is 19.3 Å². The first-order valence-electron chi connectivity index (χ1n) is 6.19. The molecule has 2 atom stereocenters. The Labute approximate surface area is 113 Å². The third-order valence-corrected chi connectivity index (χ3v) is 6.19. The summed E-state index contributed by atoms with van der Waals surface area (Å²) in [6.45, 7) is 2.36. The number of aliphatic hydroxyl groups excluding tert-OH is 1. The zero-order valence-corrected chi connectivity index (χ0v) is 12.2. The molecule has 106 valence electrons. The molecule has 1 rings (SSSR count). The molecule has 0 spiro atoms. The van der Waals surface area contributed by atoms with Gasteiger partial charge in [0.25, 0.3) is 0 Å². The van der Waals surface area contributed by atoms with Gasteiger partial charge in [-0.3, -0.25) is 4.79 Å². The highest BCUT2D eigenvalue weighted by Gasteiger charge is 2.28. The fourth-order valence-corrected chi connectivity index (χ4v) is 5.19.